The Morgan fingerprint density at radius 2 is 1.85 bits per heavy atom. The monoisotopic (exact) mass is 398 g/mol. The van der Waals surface area contributed by atoms with Gasteiger partial charge in [-0.3, -0.25) is 4.98 Å². The first kappa shape index (κ1) is 18.9. The number of nitrogens with zero attached hydrogens (tertiary/aromatic N) is 1. The van der Waals surface area contributed by atoms with Crippen LogP contribution in [-0.2, 0) is 16.6 Å². The molecule has 3 rings (SSSR count). The molecule has 0 saturated heterocycles. The molecule has 0 atom stereocenters. The second-order valence-electron chi connectivity index (χ2n) is 5.37. The average molecular weight is 398 g/mol. The third-order valence-corrected chi connectivity index (χ3v) is 4.85. The summed E-state index contributed by atoms with van der Waals surface area (Å²) in [5.41, 5.74) is 1.18. The Balaban J connectivity index is 1.69. The Morgan fingerprint density at radius 1 is 1.11 bits per heavy atom. The first-order chi connectivity index (χ1) is 12.7. The molecular weight excluding hydrogens is 385 g/mol. The summed E-state index contributed by atoms with van der Waals surface area (Å²) in [6.45, 7) is -0.0284. The highest BCUT2D eigenvalue weighted by Gasteiger charge is 2.31. The maximum atomic E-state index is 12.3. The van der Waals surface area contributed by atoms with E-state index in [-0.39, 0.29) is 11.4 Å². The third kappa shape index (κ3) is 5.08. The zero-order chi connectivity index (χ0) is 19.5. The van der Waals surface area contributed by atoms with E-state index in [2.05, 4.69) is 14.4 Å². The molecule has 0 saturated carbocycles. The molecule has 1 aromatic carbocycles. The standard InChI is InChI=1S/C17H13F3N2O4S/c18-17(19,20)26-13-3-5-14(6-4-13)27(23,24)22-11-12-7-8-21-15(10-12)16-2-1-9-25-16/h1-10,22H,11H2. The molecule has 0 fully saturated rings. The number of sulfonamides is 1. The van der Waals surface area contributed by atoms with Gasteiger partial charge in [0.25, 0.3) is 0 Å². The summed E-state index contributed by atoms with van der Waals surface area (Å²) in [6, 6.07) is 10.7. The second-order valence-corrected chi connectivity index (χ2v) is 7.14. The van der Waals surface area contributed by atoms with Crippen molar-refractivity contribution < 1.29 is 30.7 Å². The van der Waals surface area contributed by atoms with Crippen molar-refractivity contribution in [2.75, 3.05) is 0 Å². The van der Waals surface area contributed by atoms with Gasteiger partial charge in [-0.15, -0.1) is 13.2 Å². The van der Waals surface area contributed by atoms with E-state index in [0.717, 1.165) is 24.3 Å². The van der Waals surface area contributed by atoms with E-state index in [1.165, 1.54) is 12.5 Å². The van der Waals surface area contributed by atoms with Crippen LogP contribution < -0.4 is 9.46 Å². The molecule has 0 bridgehead atoms. The summed E-state index contributed by atoms with van der Waals surface area (Å²) in [5.74, 6) is 0.0404. The van der Waals surface area contributed by atoms with Crippen LogP contribution in [0.25, 0.3) is 11.5 Å². The van der Waals surface area contributed by atoms with Crippen LogP contribution in [0.2, 0.25) is 0 Å². The number of benzene rings is 1. The van der Waals surface area contributed by atoms with Crippen molar-refractivity contribution in [3.05, 3.63) is 66.6 Å². The fraction of sp³-hybridized carbons (Fsp3) is 0.118. The van der Waals surface area contributed by atoms with Gasteiger partial charge in [-0.05, 0) is 54.1 Å². The Hall–Kier alpha value is -2.85. The molecule has 0 aliphatic rings. The van der Waals surface area contributed by atoms with Crippen molar-refractivity contribution in [3.8, 4) is 17.2 Å². The highest BCUT2D eigenvalue weighted by molar-refractivity contribution is 7.89. The van der Waals surface area contributed by atoms with Gasteiger partial charge in [-0.2, -0.15) is 0 Å². The number of ether oxygens (including phenoxy) is 1. The summed E-state index contributed by atoms with van der Waals surface area (Å²) in [7, 11) is -3.92. The van der Waals surface area contributed by atoms with E-state index in [4.69, 9.17) is 4.42 Å². The smallest absolute Gasteiger partial charge is 0.463 e. The Labute approximate surface area is 152 Å². The predicted octanol–water partition coefficient (Wildman–Crippen LogP) is 3.72. The SMILES string of the molecule is O=S(=O)(NCc1ccnc(-c2ccco2)c1)c1ccc(OC(F)(F)F)cc1. The Kier molecular flexibility index (Phi) is 5.19. The number of pyridine rings is 1. The minimum absolute atomic E-state index is 0.0284. The van der Waals surface area contributed by atoms with Gasteiger partial charge in [-0.1, -0.05) is 0 Å². The lowest BCUT2D eigenvalue weighted by atomic mass is 10.2. The molecule has 142 valence electrons. The van der Waals surface area contributed by atoms with E-state index < -0.39 is 22.1 Å². The molecular formula is C17H13F3N2O4S. The number of halogens is 3. The summed E-state index contributed by atoms with van der Waals surface area (Å²) in [4.78, 5) is 3.96. The fourth-order valence-corrected chi connectivity index (χ4v) is 3.24. The number of hydrogen-bond acceptors (Lipinski definition) is 5. The fourth-order valence-electron chi connectivity index (χ4n) is 2.23. The normalized spacial score (nSPS) is 12.1. The van der Waals surface area contributed by atoms with Crippen molar-refractivity contribution in [1.29, 1.82) is 0 Å². The molecule has 27 heavy (non-hydrogen) atoms. The number of furan rings is 1. The number of aromatic nitrogens is 1. The molecule has 2 heterocycles. The van der Waals surface area contributed by atoms with Crippen molar-refractivity contribution in [2.45, 2.75) is 17.8 Å². The average Bonchev–Trinajstić information content (AvgIpc) is 3.14. The lowest BCUT2D eigenvalue weighted by molar-refractivity contribution is -0.274. The van der Waals surface area contributed by atoms with E-state index in [9.17, 15) is 21.6 Å². The lowest BCUT2D eigenvalue weighted by Crippen LogP contribution is -2.23. The van der Waals surface area contributed by atoms with Crippen LogP contribution in [0.3, 0.4) is 0 Å². The van der Waals surface area contributed by atoms with Gasteiger partial charge in [0.2, 0.25) is 10.0 Å². The molecule has 2 aromatic heterocycles. The number of alkyl halides is 3. The van der Waals surface area contributed by atoms with E-state index >= 15 is 0 Å². The van der Waals surface area contributed by atoms with Crippen molar-refractivity contribution in [3.63, 3.8) is 0 Å². The molecule has 0 radical (unpaired) electrons. The van der Waals surface area contributed by atoms with Gasteiger partial charge in [0.05, 0.1) is 11.2 Å². The van der Waals surface area contributed by atoms with Crippen LogP contribution in [0.5, 0.6) is 5.75 Å². The first-order valence-corrected chi connectivity index (χ1v) is 9.05. The second kappa shape index (κ2) is 7.41. The van der Waals surface area contributed by atoms with Gasteiger partial charge in [-0.25, -0.2) is 13.1 Å². The largest absolute Gasteiger partial charge is 0.573 e. The number of nitrogens with one attached hydrogen (secondary N) is 1. The van der Waals surface area contributed by atoms with Crippen LogP contribution in [0, 0.1) is 0 Å². The predicted molar refractivity (Wildman–Crippen MR) is 89.1 cm³/mol. The quantitative estimate of drug-likeness (QED) is 0.685. The van der Waals surface area contributed by atoms with Gasteiger partial charge >= 0.3 is 6.36 Å². The topological polar surface area (TPSA) is 81.4 Å². The zero-order valence-corrected chi connectivity index (χ0v) is 14.4. The van der Waals surface area contributed by atoms with Crippen LogP contribution in [0.15, 0.2) is 70.3 Å². The van der Waals surface area contributed by atoms with E-state index in [0.29, 0.717) is 17.0 Å². The summed E-state index contributed by atoms with van der Waals surface area (Å²) < 4.78 is 72.4. The van der Waals surface area contributed by atoms with Gasteiger partial charge in [0, 0.05) is 12.7 Å². The number of rotatable bonds is 6. The first-order valence-electron chi connectivity index (χ1n) is 7.57. The van der Waals surface area contributed by atoms with Gasteiger partial charge in [0.1, 0.15) is 11.4 Å². The molecule has 0 aliphatic carbocycles. The summed E-state index contributed by atoms with van der Waals surface area (Å²) >= 11 is 0. The molecule has 0 amide bonds. The highest BCUT2D eigenvalue weighted by atomic mass is 32.2. The minimum Gasteiger partial charge on any atom is -0.463 e. The molecule has 6 nitrogen and oxygen atoms in total. The maximum absolute atomic E-state index is 12.3. The van der Waals surface area contributed by atoms with Crippen LogP contribution >= 0.6 is 0 Å². The summed E-state index contributed by atoms with van der Waals surface area (Å²) in [5, 5.41) is 0. The molecule has 1 N–H and O–H groups in total. The Morgan fingerprint density at radius 3 is 2.48 bits per heavy atom. The summed E-state index contributed by atoms with van der Waals surface area (Å²) in [6.07, 6.45) is -1.82. The third-order valence-electron chi connectivity index (χ3n) is 3.43. The molecule has 0 spiro atoms. The van der Waals surface area contributed by atoms with Crippen LogP contribution in [0.1, 0.15) is 5.56 Å². The van der Waals surface area contributed by atoms with Gasteiger partial charge in [0.15, 0.2) is 5.76 Å². The number of hydrogen-bond donors (Lipinski definition) is 1. The van der Waals surface area contributed by atoms with E-state index in [1.54, 1.807) is 24.3 Å². The van der Waals surface area contributed by atoms with Crippen molar-refractivity contribution >= 4 is 10.0 Å². The molecule has 0 unspecified atom stereocenters. The van der Waals surface area contributed by atoms with Crippen molar-refractivity contribution in [1.82, 2.24) is 9.71 Å². The minimum atomic E-state index is -4.84. The molecule has 3 aromatic rings. The maximum Gasteiger partial charge on any atom is 0.573 e. The lowest BCUT2D eigenvalue weighted by Gasteiger charge is -2.10. The zero-order valence-electron chi connectivity index (χ0n) is 13.6. The highest BCUT2D eigenvalue weighted by Crippen LogP contribution is 2.24. The van der Waals surface area contributed by atoms with Crippen LogP contribution in [0.4, 0.5) is 13.2 Å². The van der Waals surface area contributed by atoms with Crippen LogP contribution in [-0.4, -0.2) is 19.8 Å². The Bertz CT molecular complexity index is 1000. The molecule has 10 heteroatoms. The van der Waals surface area contributed by atoms with E-state index in [1.807, 2.05) is 0 Å². The molecule has 0 aliphatic heterocycles. The van der Waals surface area contributed by atoms with Crippen molar-refractivity contribution in [2.24, 2.45) is 0 Å². The van der Waals surface area contributed by atoms with Gasteiger partial charge < -0.3 is 9.15 Å².